The van der Waals surface area contributed by atoms with Gasteiger partial charge in [0.15, 0.2) is 5.58 Å². The minimum absolute atomic E-state index is 0.113. The molecule has 0 saturated heterocycles. The third-order valence-corrected chi connectivity index (χ3v) is 2.77. The highest BCUT2D eigenvalue weighted by Crippen LogP contribution is 2.15. The van der Waals surface area contributed by atoms with Crippen LogP contribution in [0.3, 0.4) is 0 Å². The summed E-state index contributed by atoms with van der Waals surface area (Å²) in [5.74, 6) is 0.336. The summed E-state index contributed by atoms with van der Waals surface area (Å²) in [5.41, 5.74) is 1.52. The second-order valence-electron chi connectivity index (χ2n) is 4.35. The predicted octanol–water partition coefficient (Wildman–Crippen LogP) is 3.15. The number of nitrogens with one attached hydrogen (secondary N) is 1. The van der Waals surface area contributed by atoms with Crippen LogP contribution in [0.15, 0.2) is 34.8 Å². The van der Waals surface area contributed by atoms with E-state index in [1.165, 1.54) is 6.08 Å². The third kappa shape index (κ3) is 3.95. The van der Waals surface area contributed by atoms with Gasteiger partial charge in [0.1, 0.15) is 5.52 Å². The summed E-state index contributed by atoms with van der Waals surface area (Å²) < 4.78 is 5.48. The number of nitrogens with zero attached hydrogens (tertiary/aromatic N) is 1. The molecule has 1 heterocycles. The van der Waals surface area contributed by atoms with E-state index in [0.29, 0.717) is 12.4 Å². The topological polar surface area (TPSA) is 55.1 Å². The van der Waals surface area contributed by atoms with Crippen LogP contribution in [-0.2, 0) is 4.79 Å². The minimum atomic E-state index is -0.113. The van der Waals surface area contributed by atoms with Crippen LogP contribution in [0.5, 0.6) is 0 Å². The molecule has 1 amide bonds. The molecule has 0 atom stereocenters. The monoisotopic (exact) mass is 258 g/mol. The molecule has 4 nitrogen and oxygen atoms in total. The van der Waals surface area contributed by atoms with Gasteiger partial charge in [0.25, 0.3) is 0 Å². The predicted molar refractivity (Wildman–Crippen MR) is 75.6 cm³/mol. The van der Waals surface area contributed by atoms with Crippen LogP contribution >= 0.6 is 0 Å². The maximum Gasteiger partial charge on any atom is 0.244 e. The molecule has 1 aromatic carbocycles. The summed E-state index contributed by atoms with van der Waals surface area (Å²) in [6.07, 6.45) is 6.34. The molecule has 2 aromatic rings. The summed E-state index contributed by atoms with van der Waals surface area (Å²) in [5, 5.41) is 2.83. The van der Waals surface area contributed by atoms with Crippen molar-refractivity contribution in [1.29, 1.82) is 0 Å². The van der Waals surface area contributed by atoms with Crippen molar-refractivity contribution in [1.82, 2.24) is 10.3 Å². The number of para-hydroxylation sites is 2. The van der Waals surface area contributed by atoms with Crippen LogP contribution in [0.25, 0.3) is 17.2 Å². The number of carbonyl (C=O) groups is 1. The van der Waals surface area contributed by atoms with Gasteiger partial charge in [0.2, 0.25) is 11.8 Å². The molecule has 0 saturated carbocycles. The van der Waals surface area contributed by atoms with E-state index in [9.17, 15) is 4.79 Å². The number of aromatic nitrogens is 1. The Morgan fingerprint density at radius 3 is 3.00 bits per heavy atom. The summed E-state index contributed by atoms with van der Waals surface area (Å²) in [6, 6.07) is 7.52. The molecule has 19 heavy (non-hydrogen) atoms. The van der Waals surface area contributed by atoms with Crippen LogP contribution < -0.4 is 5.32 Å². The maximum absolute atomic E-state index is 11.5. The van der Waals surface area contributed by atoms with Crippen molar-refractivity contribution in [2.24, 2.45) is 0 Å². The number of rotatable bonds is 6. The van der Waals surface area contributed by atoms with E-state index in [-0.39, 0.29) is 5.91 Å². The Morgan fingerprint density at radius 1 is 1.37 bits per heavy atom. The lowest BCUT2D eigenvalue weighted by molar-refractivity contribution is -0.116. The second kappa shape index (κ2) is 6.73. The molecule has 0 aliphatic rings. The van der Waals surface area contributed by atoms with Crippen LogP contribution in [0, 0.1) is 0 Å². The first kappa shape index (κ1) is 13.3. The fraction of sp³-hybridized carbons (Fsp3) is 0.333. The van der Waals surface area contributed by atoms with Crippen LogP contribution in [0.1, 0.15) is 32.1 Å². The number of amides is 1. The van der Waals surface area contributed by atoms with E-state index in [1.54, 1.807) is 6.08 Å². The first-order valence-corrected chi connectivity index (χ1v) is 6.61. The standard InChI is InChI=1S/C15H18N2O2/c1-2-3-6-11-16-14(18)9-10-15-17-12-7-4-5-8-13(12)19-15/h4-5,7-10H,2-3,6,11H2,1H3,(H,16,18)/b10-9+. The van der Waals surface area contributed by atoms with Crippen molar-refractivity contribution in [2.75, 3.05) is 6.54 Å². The zero-order chi connectivity index (χ0) is 13.5. The van der Waals surface area contributed by atoms with Crippen molar-refractivity contribution >= 4 is 23.1 Å². The zero-order valence-corrected chi connectivity index (χ0v) is 11.1. The molecule has 0 bridgehead atoms. The first-order valence-electron chi connectivity index (χ1n) is 6.61. The highest BCUT2D eigenvalue weighted by molar-refractivity contribution is 5.91. The maximum atomic E-state index is 11.5. The van der Waals surface area contributed by atoms with Crippen LogP contribution in [0.4, 0.5) is 0 Å². The van der Waals surface area contributed by atoms with E-state index in [4.69, 9.17) is 4.42 Å². The molecule has 0 fully saturated rings. The summed E-state index contributed by atoms with van der Waals surface area (Å²) in [4.78, 5) is 15.8. The van der Waals surface area contributed by atoms with Crippen LogP contribution in [0.2, 0.25) is 0 Å². The Balaban J connectivity index is 1.89. The summed E-state index contributed by atoms with van der Waals surface area (Å²) >= 11 is 0. The summed E-state index contributed by atoms with van der Waals surface area (Å²) in [6.45, 7) is 2.85. The fourth-order valence-corrected chi connectivity index (χ4v) is 1.75. The van der Waals surface area contributed by atoms with Crippen molar-refractivity contribution in [3.63, 3.8) is 0 Å². The van der Waals surface area contributed by atoms with Gasteiger partial charge >= 0.3 is 0 Å². The molecule has 0 unspecified atom stereocenters. The molecular weight excluding hydrogens is 240 g/mol. The number of carbonyl (C=O) groups excluding carboxylic acids is 1. The van der Waals surface area contributed by atoms with Crippen molar-refractivity contribution in [3.05, 3.63) is 36.2 Å². The third-order valence-electron chi connectivity index (χ3n) is 2.77. The van der Waals surface area contributed by atoms with Gasteiger partial charge in [-0.15, -0.1) is 0 Å². The molecule has 0 aliphatic carbocycles. The smallest absolute Gasteiger partial charge is 0.244 e. The number of unbranched alkanes of at least 4 members (excludes halogenated alkanes) is 2. The van der Waals surface area contributed by atoms with Crippen molar-refractivity contribution in [2.45, 2.75) is 26.2 Å². The Hall–Kier alpha value is -2.10. The molecule has 1 N–H and O–H groups in total. The molecule has 100 valence electrons. The van der Waals surface area contributed by atoms with Gasteiger partial charge < -0.3 is 9.73 Å². The lowest BCUT2D eigenvalue weighted by Crippen LogP contribution is -2.21. The lowest BCUT2D eigenvalue weighted by atomic mass is 10.2. The number of fused-ring (bicyclic) bond motifs is 1. The minimum Gasteiger partial charge on any atom is -0.437 e. The SMILES string of the molecule is CCCCCNC(=O)/C=C/c1nc2ccccc2o1. The number of hydrogen-bond donors (Lipinski definition) is 1. The number of benzene rings is 1. The van der Waals surface area contributed by atoms with Crippen LogP contribution in [-0.4, -0.2) is 17.4 Å². The van der Waals surface area contributed by atoms with Crippen molar-refractivity contribution < 1.29 is 9.21 Å². The van der Waals surface area contributed by atoms with Gasteiger partial charge in [-0.25, -0.2) is 4.98 Å². The van der Waals surface area contributed by atoms with Gasteiger partial charge in [0.05, 0.1) is 0 Å². The molecule has 0 aliphatic heterocycles. The van der Waals surface area contributed by atoms with Gasteiger partial charge in [0, 0.05) is 18.7 Å². The van der Waals surface area contributed by atoms with E-state index < -0.39 is 0 Å². The van der Waals surface area contributed by atoms with Gasteiger partial charge in [-0.2, -0.15) is 0 Å². The zero-order valence-electron chi connectivity index (χ0n) is 11.1. The normalized spacial score (nSPS) is 11.2. The Kier molecular flexibility index (Phi) is 4.72. The molecule has 0 spiro atoms. The molecular formula is C15H18N2O2. The average molecular weight is 258 g/mol. The highest BCUT2D eigenvalue weighted by atomic mass is 16.3. The average Bonchev–Trinajstić information content (AvgIpc) is 2.84. The van der Waals surface area contributed by atoms with E-state index in [0.717, 1.165) is 30.4 Å². The van der Waals surface area contributed by atoms with Gasteiger partial charge in [-0.1, -0.05) is 31.9 Å². The lowest BCUT2D eigenvalue weighted by Gasteiger charge is -1.99. The second-order valence-corrected chi connectivity index (χ2v) is 4.35. The fourth-order valence-electron chi connectivity index (χ4n) is 1.75. The van der Waals surface area contributed by atoms with Gasteiger partial charge in [-0.3, -0.25) is 4.79 Å². The van der Waals surface area contributed by atoms with E-state index >= 15 is 0 Å². The first-order chi connectivity index (χ1) is 9.29. The number of oxazole rings is 1. The molecule has 2 rings (SSSR count). The quantitative estimate of drug-likeness (QED) is 0.639. The summed E-state index contributed by atoms with van der Waals surface area (Å²) in [7, 11) is 0. The van der Waals surface area contributed by atoms with E-state index in [2.05, 4.69) is 17.2 Å². The highest BCUT2D eigenvalue weighted by Gasteiger charge is 2.02. The molecule has 4 heteroatoms. The molecule has 1 aromatic heterocycles. The van der Waals surface area contributed by atoms with E-state index in [1.807, 2.05) is 24.3 Å². The van der Waals surface area contributed by atoms with Crippen molar-refractivity contribution in [3.8, 4) is 0 Å². The Morgan fingerprint density at radius 2 is 2.21 bits per heavy atom. The van der Waals surface area contributed by atoms with Gasteiger partial charge in [-0.05, 0) is 18.6 Å². The largest absolute Gasteiger partial charge is 0.437 e. The number of hydrogen-bond acceptors (Lipinski definition) is 3. The molecule has 0 radical (unpaired) electrons. The Labute approximate surface area is 112 Å². The Bertz CT molecular complexity index is 539.